The molecule has 0 radical (unpaired) electrons. The van der Waals surface area contributed by atoms with Crippen LogP contribution in [0.15, 0.2) is 24.8 Å². The van der Waals surface area contributed by atoms with Crippen LogP contribution in [0.4, 0.5) is 5.69 Å². The first-order valence-corrected chi connectivity index (χ1v) is 13.6. The van der Waals surface area contributed by atoms with Crippen molar-refractivity contribution in [2.75, 3.05) is 4.90 Å². The quantitative estimate of drug-likeness (QED) is 0.517. The molecule has 0 bridgehead atoms. The van der Waals surface area contributed by atoms with Gasteiger partial charge in [0, 0.05) is 16.8 Å². The first-order valence-electron chi connectivity index (χ1n) is 12.8. The van der Waals surface area contributed by atoms with Gasteiger partial charge < -0.3 is 14.7 Å². The Labute approximate surface area is 211 Å². The molecule has 0 atom stereocenters. The molecule has 2 aromatic heterocycles. The number of hydrogen-bond acceptors (Lipinski definition) is 6. The molecule has 2 fully saturated rings. The molecule has 7 nitrogen and oxygen atoms in total. The monoisotopic (exact) mass is 499 g/mol. The number of carboxylic acids is 1. The summed E-state index contributed by atoms with van der Waals surface area (Å²) >= 11 is 1.30. The molecule has 0 unspecified atom stereocenters. The van der Waals surface area contributed by atoms with Gasteiger partial charge >= 0.3 is 5.97 Å². The van der Waals surface area contributed by atoms with Crippen molar-refractivity contribution in [3.8, 4) is 5.75 Å². The van der Waals surface area contributed by atoms with Crippen molar-refractivity contribution in [3.05, 3.63) is 34.5 Å². The maximum absolute atomic E-state index is 14.0. The lowest BCUT2D eigenvalue weighted by Crippen LogP contribution is -2.47. The Kier molecular flexibility index (Phi) is 7.79. The van der Waals surface area contributed by atoms with E-state index in [1.807, 2.05) is 11.0 Å². The number of carbonyl (C=O) groups excluding carboxylic acids is 1. The molecule has 2 aromatic rings. The van der Waals surface area contributed by atoms with Crippen LogP contribution in [-0.2, 0) is 10.2 Å². The molecule has 1 N–H and O–H groups in total. The summed E-state index contributed by atoms with van der Waals surface area (Å²) in [6.07, 6.45) is 11.8. The van der Waals surface area contributed by atoms with Crippen molar-refractivity contribution < 1.29 is 19.4 Å². The van der Waals surface area contributed by atoms with Crippen LogP contribution in [0, 0.1) is 11.8 Å². The van der Waals surface area contributed by atoms with E-state index < -0.39 is 5.97 Å². The Hall–Kier alpha value is -2.48. The van der Waals surface area contributed by atoms with Gasteiger partial charge in [-0.1, -0.05) is 27.7 Å². The van der Waals surface area contributed by atoms with Gasteiger partial charge in [0.2, 0.25) is 5.91 Å². The van der Waals surface area contributed by atoms with E-state index in [9.17, 15) is 14.7 Å². The molecule has 2 aliphatic rings. The van der Waals surface area contributed by atoms with Gasteiger partial charge in [-0.2, -0.15) is 0 Å². The number of carbonyl (C=O) groups is 2. The maximum atomic E-state index is 14.0. The average Bonchev–Trinajstić information content (AvgIpc) is 3.27. The van der Waals surface area contributed by atoms with Gasteiger partial charge in [-0.25, -0.2) is 14.8 Å². The first kappa shape index (κ1) is 25.6. The first-order chi connectivity index (χ1) is 16.6. The van der Waals surface area contributed by atoms with Gasteiger partial charge in [-0.3, -0.25) is 4.79 Å². The van der Waals surface area contributed by atoms with Crippen LogP contribution in [0.1, 0.15) is 93.6 Å². The van der Waals surface area contributed by atoms with Gasteiger partial charge in [0.25, 0.3) is 0 Å². The van der Waals surface area contributed by atoms with E-state index in [0.717, 1.165) is 56.2 Å². The smallest absolute Gasteiger partial charge is 0.348 e. The zero-order valence-electron chi connectivity index (χ0n) is 21.2. The lowest BCUT2D eigenvalue weighted by atomic mass is 9.81. The summed E-state index contributed by atoms with van der Waals surface area (Å²) in [4.78, 5) is 37.5. The van der Waals surface area contributed by atoms with Gasteiger partial charge in [-0.15, -0.1) is 11.3 Å². The number of amides is 1. The summed E-state index contributed by atoms with van der Waals surface area (Å²) in [6, 6.07) is 1.93. The molecule has 2 aliphatic carbocycles. The number of hydrogen-bond donors (Lipinski definition) is 1. The van der Waals surface area contributed by atoms with Crippen LogP contribution < -0.4 is 9.64 Å². The van der Waals surface area contributed by atoms with Gasteiger partial charge in [0.15, 0.2) is 5.75 Å². The van der Waals surface area contributed by atoms with Crippen molar-refractivity contribution >= 4 is 28.9 Å². The van der Waals surface area contributed by atoms with E-state index in [-0.39, 0.29) is 34.3 Å². The highest BCUT2D eigenvalue weighted by Crippen LogP contribution is 2.42. The normalized spacial score (nSPS) is 25.1. The molecule has 2 saturated carbocycles. The van der Waals surface area contributed by atoms with E-state index in [1.165, 1.54) is 17.7 Å². The minimum atomic E-state index is -0.961. The van der Waals surface area contributed by atoms with E-state index >= 15 is 0 Å². The minimum Gasteiger partial charge on any atom is -0.487 e. The second kappa shape index (κ2) is 10.6. The Morgan fingerprint density at radius 3 is 2.23 bits per heavy atom. The highest BCUT2D eigenvalue weighted by molar-refractivity contribution is 7.14. The average molecular weight is 500 g/mol. The standard InChI is InChI=1S/C27H37N3O4S/c1-17-5-7-18(8-6-17)25(31)30(22-13-23(27(2,3)4)35-24(22)26(32)33)19-9-11-20(12-10-19)34-21-14-28-16-29-15-21/h13-20H,5-12H2,1-4H3,(H,32,33)/t17-,18-,19-,20+. The van der Waals surface area contributed by atoms with Gasteiger partial charge in [-0.05, 0) is 68.8 Å². The van der Waals surface area contributed by atoms with E-state index in [0.29, 0.717) is 17.4 Å². The summed E-state index contributed by atoms with van der Waals surface area (Å²) in [6.45, 7) is 8.49. The highest BCUT2D eigenvalue weighted by atomic mass is 32.1. The minimum absolute atomic E-state index is 0.0331. The Morgan fingerprint density at radius 2 is 1.66 bits per heavy atom. The summed E-state index contributed by atoms with van der Waals surface area (Å²) in [5, 5.41) is 10.1. The lowest BCUT2D eigenvalue weighted by Gasteiger charge is -2.39. The van der Waals surface area contributed by atoms with E-state index in [4.69, 9.17) is 4.74 Å². The van der Waals surface area contributed by atoms with E-state index in [1.54, 1.807) is 12.4 Å². The Morgan fingerprint density at radius 1 is 1.03 bits per heavy atom. The van der Waals surface area contributed by atoms with Crippen molar-refractivity contribution in [2.24, 2.45) is 11.8 Å². The zero-order valence-corrected chi connectivity index (χ0v) is 22.0. The molecule has 1 amide bonds. The fourth-order valence-corrected chi connectivity index (χ4v) is 6.29. The Bertz CT molecular complexity index is 1020. The highest BCUT2D eigenvalue weighted by Gasteiger charge is 2.38. The predicted octanol–water partition coefficient (Wildman–Crippen LogP) is 6.08. The fourth-order valence-electron chi connectivity index (χ4n) is 5.24. The zero-order chi connectivity index (χ0) is 25.2. The molecule has 190 valence electrons. The van der Waals surface area contributed by atoms with Crippen molar-refractivity contribution in [1.29, 1.82) is 0 Å². The number of aromatic carboxylic acids is 1. The number of nitrogens with zero attached hydrogens (tertiary/aromatic N) is 3. The number of carboxylic acid groups (broad SMARTS) is 1. The number of ether oxygens (including phenoxy) is 1. The van der Waals surface area contributed by atoms with Gasteiger partial charge in [0.05, 0.1) is 24.2 Å². The Balaban J connectivity index is 1.60. The number of aromatic nitrogens is 2. The molecule has 4 rings (SSSR count). The molecule has 35 heavy (non-hydrogen) atoms. The van der Waals surface area contributed by atoms with Crippen molar-refractivity contribution in [3.63, 3.8) is 0 Å². The van der Waals surface area contributed by atoms with Crippen molar-refractivity contribution in [2.45, 2.75) is 96.6 Å². The van der Waals surface area contributed by atoms with Crippen LogP contribution in [-0.4, -0.2) is 39.1 Å². The van der Waals surface area contributed by atoms with Crippen LogP contribution >= 0.6 is 11.3 Å². The third-order valence-electron chi connectivity index (χ3n) is 7.36. The molecule has 0 aliphatic heterocycles. The number of anilines is 1. The third-order valence-corrected chi connectivity index (χ3v) is 8.89. The molecule has 0 spiro atoms. The topological polar surface area (TPSA) is 92.6 Å². The fraction of sp³-hybridized carbons (Fsp3) is 0.630. The molecule has 8 heteroatoms. The molecule has 0 aromatic carbocycles. The van der Waals surface area contributed by atoms with Crippen LogP contribution in [0.2, 0.25) is 0 Å². The van der Waals surface area contributed by atoms with E-state index in [2.05, 4.69) is 37.7 Å². The third kappa shape index (κ3) is 6.02. The van der Waals surface area contributed by atoms with Gasteiger partial charge in [0.1, 0.15) is 11.2 Å². The lowest BCUT2D eigenvalue weighted by molar-refractivity contribution is -0.124. The molecular weight excluding hydrogens is 462 g/mol. The summed E-state index contributed by atoms with van der Waals surface area (Å²) < 4.78 is 6.07. The second-order valence-electron chi connectivity index (χ2n) is 11.2. The number of thiophene rings is 1. The van der Waals surface area contributed by atoms with Crippen LogP contribution in [0.3, 0.4) is 0 Å². The number of rotatable bonds is 6. The summed E-state index contributed by atoms with van der Waals surface area (Å²) in [5.74, 6) is 0.391. The molecule has 0 saturated heterocycles. The second-order valence-corrected chi connectivity index (χ2v) is 12.2. The molecular formula is C27H37N3O4S. The summed E-state index contributed by atoms with van der Waals surface area (Å²) in [7, 11) is 0. The van der Waals surface area contributed by atoms with Crippen LogP contribution in [0.25, 0.3) is 0 Å². The maximum Gasteiger partial charge on any atom is 0.348 e. The largest absolute Gasteiger partial charge is 0.487 e. The molecule has 2 heterocycles. The predicted molar refractivity (Wildman–Crippen MR) is 137 cm³/mol. The van der Waals surface area contributed by atoms with Crippen LogP contribution in [0.5, 0.6) is 5.75 Å². The van der Waals surface area contributed by atoms with Crippen molar-refractivity contribution in [1.82, 2.24) is 9.97 Å². The summed E-state index contributed by atoms with van der Waals surface area (Å²) in [5.41, 5.74) is 0.391. The SMILES string of the molecule is CC(C)(C)c1cc(N(C(=O)[C@H]2CC[C@H](C)CC2)[C@H]2CC[C@@H](Oc3cncnc3)CC2)c(C(=O)O)s1.